The van der Waals surface area contributed by atoms with Crippen molar-refractivity contribution in [1.29, 1.82) is 0 Å². The molecule has 2 rings (SSSR count). The summed E-state index contributed by atoms with van der Waals surface area (Å²) in [5.74, 6) is -0.0179. The summed E-state index contributed by atoms with van der Waals surface area (Å²) < 4.78 is 0. The zero-order valence-corrected chi connectivity index (χ0v) is 10.4. The predicted octanol–water partition coefficient (Wildman–Crippen LogP) is 0.359. The Hall–Kier alpha value is -1.85. The number of carbonyl (C=O) groups is 1. The van der Waals surface area contributed by atoms with Gasteiger partial charge in [0.15, 0.2) is 0 Å². The fraction of sp³-hybridized carbons (Fsp3) is 0.357. The average molecular weight is 263 g/mol. The van der Waals surface area contributed by atoms with E-state index in [4.69, 9.17) is 5.11 Å². The van der Waals surface area contributed by atoms with Gasteiger partial charge in [0.05, 0.1) is 12.2 Å². The first-order chi connectivity index (χ1) is 9.06. The third kappa shape index (κ3) is 3.56. The third-order valence-corrected chi connectivity index (χ3v) is 3.17. The SMILES string of the molecule is O=C(/C=C/c1ccc(O)cc1)N1CC[C@H](O)[C@@H](O)C1. The number of benzene rings is 1. The summed E-state index contributed by atoms with van der Waals surface area (Å²) in [7, 11) is 0. The van der Waals surface area contributed by atoms with E-state index in [-0.39, 0.29) is 18.2 Å². The highest BCUT2D eigenvalue weighted by Crippen LogP contribution is 2.13. The highest BCUT2D eigenvalue weighted by Gasteiger charge is 2.27. The molecule has 0 aromatic heterocycles. The number of β-amino-alcohol motifs (C(OH)–C–C–N with tert-alkyl or cyclic N) is 1. The summed E-state index contributed by atoms with van der Waals surface area (Å²) in [5, 5.41) is 28.0. The molecule has 1 fully saturated rings. The zero-order chi connectivity index (χ0) is 13.8. The van der Waals surface area contributed by atoms with Crippen molar-refractivity contribution in [3.63, 3.8) is 0 Å². The third-order valence-electron chi connectivity index (χ3n) is 3.17. The normalized spacial score (nSPS) is 23.8. The minimum absolute atomic E-state index is 0.153. The lowest BCUT2D eigenvalue weighted by Gasteiger charge is -2.32. The average Bonchev–Trinajstić information content (AvgIpc) is 2.41. The highest BCUT2D eigenvalue weighted by molar-refractivity contribution is 5.91. The first kappa shape index (κ1) is 13.6. The topological polar surface area (TPSA) is 81.0 Å². The van der Waals surface area contributed by atoms with E-state index in [2.05, 4.69) is 0 Å². The predicted molar refractivity (Wildman–Crippen MR) is 70.4 cm³/mol. The minimum Gasteiger partial charge on any atom is -0.508 e. The van der Waals surface area contributed by atoms with E-state index in [1.54, 1.807) is 30.3 Å². The number of carbonyl (C=O) groups excluding carboxylic acids is 1. The van der Waals surface area contributed by atoms with Crippen molar-refractivity contribution in [3.05, 3.63) is 35.9 Å². The monoisotopic (exact) mass is 263 g/mol. The van der Waals surface area contributed by atoms with Gasteiger partial charge in [-0.15, -0.1) is 0 Å². The van der Waals surface area contributed by atoms with Gasteiger partial charge in [0, 0.05) is 19.2 Å². The highest BCUT2D eigenvalue weighted by atomic mass is 16.3. The molecule has 0 radical (unpaired) electrons. The van der Waals surface area contributed by atoms with Crippen molar-refractivity contribution in [2.45, 2.75) is 18.6 Å². The number of hydrogen-bond acceptors (Lipinski definition) is 4. The Bertz CT molecular complexity index is 469. The number of aromatic hydroxyl groups is 1. The van der Waals surface area contributed by atoms with Gasteiger partial charge < -0.3 is 20.2 Å². The van der Waals surface area contributed by atoms with Gasteiger partial charge in [-0.3, -0.25) is 4.79 Å². The van der Waals surface area contributed by atoms with Crippen LogP contribution in [0.25, 0.3) is 6.08 Å². The molecular weight excluding hydrogens is 246 g/mol. The van der Waals surface area contributed by atoms with Crippen LogP contribution < -0.4 is 0 Å². The van der Waals surface area contributed by atoms with E-state index in [1.165, 1.54) is 11.0 Å². The second-order valence-electron chi connectivity index (χ2n) is 4.63. The van der Waals surface area contributed by atoms with Crippen LogP contribution in [0.15, 0.2) is 30.3 Å². The van der Waals surface area contributed by atoms with Gasteiger partial charge in [-0.1, -0.05) is 12.1 Å². The van der Waals surface area contributed by atoms with Crippen LogP contribution in [0.4, 0.5) is 0 Å². The number of phenolic OH excluding ortho intramolecular Hbond substituents is 1. The summed E-state index contributed by atoms with van der Waals surface area (Å²) in [4.78, 5) is 13.4. The molecular formula is C14H17NO4. The van der Waals surface area contributed by atoms with Crippen LogP contribution in [0.5, 0.6) is 5.75 Å². The Kier molecular flexibility index (Phi) is 4.19. The number of hydrogen-bond donors (Lipinski definition) is 3. The second-order valence-corrected chi connectivity index (χ2v) is 4.63. The van der Waals surface area contributed by atoms with E-state index in [9.17, 15) is 15.0 Å². The Balaban J connectivity index is 1.95. The molecule has 0 bridgehead atoms. The lowest BCUT2D eigenvalue weighted by molar-refractivity contribution is -0.132. The number of aliphatic hydroxyl groups excluding tert-OH is 2. The van der Waals surface area contributed by atoms with Crippen LogP contribution in [0.2, 0.25) is 0 Å². The summed E-state index contributed by atoms with van der Waals surface area (Å²) >= 11 is 0. The fourth-order valence-electron chi connectivity index (χ4n) is 1.98. The molecule has 1 aromatic rings. The number of piperidine rings is 1. The standard InChI is InChI=1S/C14H17NO4/c16-11-4-1-10(2-5-11)3-6-14(19)15-8-7-12(17)13(18)9-15/h1-6,12-13,16-18H,7-9H2/b6-3+/t12-,13-/m0/s1. The van der Waals surface area contributed by atoms with Crippen molar-refractivity contribution < 1.29 is 20.1 Å². The Labute approximate surface area is 111 Å². The molecule has 1 aliphatic rings. The van der Waals surface area contributed by atoms with Crippen LogP contribution in [0.1, 0.15) is 12.0 Å². The Morgan fingerprint density at radius 1 is 1.21 bits per heavy atom. The molecule has 2 atom stereocenters. The molecule has 5 nitrogen and oxygen atoms in total. The van der Waals surface area contributed by atoms with E-state index in [1.807, 2.05) is 0 Å². The van der Waals surface area contributed by atoms with Gasteiger partial charge in [-0.25, -0.2) is 0 Å². The van der Waals surface area contributed by atoms with Crippen LogP contribution in [0.3, 0.4) is 0 Å². The van der Waals surface area contributed by atoms with Gasteiger partial charge in [-0.05, 0) is 30.2 Å². The van der Waals surface area contributed by atoms with Gasteiger partial charge in [-0.2, -0.15) is 0 Å². The molecule has 3 N–H and O–H groups in total. The van der Waals surface area contributed by atoms with Gasteiger partial charge in [0.25, 0.3) is 0 Å². The van der Waals surface area contributed by atoms with Crippen molar-refractivity contribution in [2.24, 2.45) is 0 Å². The molecule has 1 amide bonds. The molecule has 0 unspecified atom stereocenters. The Morgan fingerprint density at radius 3 is 2.53 bits per heavy atom. The second kappa shape index (κ2) is 5.86. The minimum atomic E-state index is -0.875. The number of rotatable bonds is 2. The fourth-order valence-corrected chi connectivity index (χ4v) is 1.98. The Morgan fingerprint density at radius 2 is 1.89 bits per heavy atom. The molecule has 1 saturated heterocycles. The van der Waals surface area contributed by atoms with Crippen molar-refractivity contribution >= 4 is 12.0 Å². The van der Waals surface area contributed by atoms with E-state index in [0.29, 0.717) is 13.0 Å². The molecule has 0 spiro atoms. The quantitative estimate of drug-likeness (QED) is 0.673. The van der Waals surface area contributed by atoms with Crippen molar-refractivity contribution in [1.82, 2.24) is 4.90 Å². The molecule has 1 aliphatic heterocycles. The molecule has 0 saturated carbocycles. The maximum atomic E-state index is 11.9. The van der Waals surface area contributed by atoms with Crippen LogP contribution in [-0.4, -0.2) is 51.4 Å². The van der Waals surface area contributed by atoms with Gasteiger partial charge in [0.1, 0.15) is 5.75 Å². The van der Waals surface area contributed by atoms with Crippen LogP contribution in [0, 0.1) is 0 Å². The smallest absolute Gasteiger partial charge is 0.246 e. The number of amides is 1. The molecule has 0 aliphatic carbocycles. The van der Waals surface area contributed by atoms with Crippen molar-refractivity contribution in [2.75, 3.05) is 13.1 Å². The number of likely N-dealkylation sites (tertiary alicyclic amines) is 1. The van der Waals surface area contributed by atoms with Gasteiger partial charge in [0.2, 0.25) is 5.91 Å². The summed E-state index contributed by atoms with van der Waals surface area (Å²) in [6.45, 7) is 0.594. The number of aliphatic hydroxyl groups is 2. The largest absolute Gasteiger partial charge is 0.508 e. The van der Waals surface area contributed by atoms with Crippen LogP contribution >= 0.6 is 0 Å². The van der Waals surface area contributed by atoms with E-state index in [0.717, 1.165) is 5.56 Å². The number of phenols is 1. The maximum absolute atomic E-state index is 11.9. The lowest BCUT2D eigenvalue weighted by atomic mass is 10.1. The molecule has 5 heteroatoms. The van der Waals surface area contributed by atoms with Gasteiger partial charge >= 0.3 is 0 Å². The van der Waals surface area contributed by atoms with E-state index >= 15 is 0 Å². The maximum Gasteiger partial charge on any atom is 0.246 e. The first-order valence-electron chi connectivity index (χ1n) is 6.18. The summed E-state index contributed by atoms with van der Waals surface area (Å²) in [5.41, 5.74) is 0.809. The molecule has 102 valence electrons. The zero-order valence-electron chi connectivity index (χ0n) is 10.4. The lowest BCUT2D eigenvalue weighted by Crippen LogP contribution is -2.48. The number of nitrogens with zero attached hydrogens (tertiary/aromatic N) is 1. The van der Waals surface area contributed by atoms with E-state index < -0.39 is 12.2 Å². The van der Waals surface area contributed by atoms with Crippen molar-refractivity contribution in [3.8, 4) is 5.75 Å². The molecule has 19 heavy (non-hydrogen) atoms. The summed E-state index contributed by atoms with van der Waals surface area (Å²) in [6.07, 6.45) is 1.85. The molecule has 1 heterocycles. The van der Waals surface area contributed by atoms with Crippen LogP contribution in [-0.2, 0) is 4.79 Å². The first-order valence-corrected chi connectivity index (χ1v) is 6.18. The molecule has 1 aromatic carbocycles. The summed E-state index contributed by atoms with van der Waals surface area (Å²) in [6, 6.07) is 6.50.